The Labute approximate surface area is 108 Å². The number of fused-ring (bicyclic) bond motifs is 1. The fourth-order valence-electron chi connectivity index (χ4n) is 1.67. The molecule has 0 radical (unpaired) electrons. The number of hydrogen-bond donors (Lipinski definition) is 1. The molecule has 1 N–H and O–H groups in total. The first kappa shape index (κ1) is 12.8. The van der Waals surface area contributed by atoms with Crippen LogP contribution in [0, 0.1) is 0 Å². The molecule has 2 rings (SSSR count). The summed E-state index contributed by atoms with van der Waals surface area (Å²) >= 11 is 0. The van der Waals surface area contributed by atoms with Gasteiger partial charge in [0.15, 0.2) is 12.4 Å². The first-order valence-electron chi connectivity index (χ1n) is 5.48. The zero-order valence-electron chi connectivity index (χ0n) is 10.1. The average Bonchev–Trinajstić information content (AvgIpc) is 2.40. The van der Waals surface area contributed by atoms with Crippen molar-refractivity contribution in [2.75, 3.05) is 18.6 Å². The van der Waals surface area contributed by atoms with Crippen LogP contribution in [0.3, 0.4) is 0 Å². The lowest BCUT2D eigenvalue weighted by atomic mass is 10.1. The summed E-state index contributed by atoms with van der Waals surface area (Å²) < 4.78 is 5.22. The largest absolute Gasteiger partial charge is 0.482 e. The van der Waals surface area contributed by atoms with Crippen molar-refractivity contribution in [3.8, 4) is 5.75 Å². The molecule has 1 aromatic carbocycles. The molecule has 6 nitrogen and oxygen atoms in total. The van der Waals surface area contributed by atoms with Crippen molar-refractivity contribution in [3.63, 3.8) is 0 Å². The lowest BCUT2D eigenvalue weighted by Crippen LogP contribution is -2.35. The number of hydrogen-bond acceptors (Lipinski definition) is 4. The van der Waals surface area contributed by atoms with Crippen LogP contribution in [0.5, 0.6) is 5.75 Å². The highest BCUT2D eigenvalue weighted by molar-refractivity contribution is 6.08. The molecule has 1 heterocycles. The van der Waals surface area contributed by atoms with Crippen LogP contribution in [0.15, 0.2) is 30.4 Å². The highest BCUT2D eigenvalue weighted by Crippen LogP contribution is 2.32. The van der Waals surface area contributed by atoms with Crippen molar-refractivity contribution >= 4 is 23.3 Å². The molecule has 98 valence electrons. The standard InChI is InChI=1S/C13H11NO5/c1-14-9-6-8(10(15)3-5-13(17)18)2-4-11(9)19-7-12(14)16/h2-6H,7H2,1H3,(H,17,18)/b5-3+. The zero-order chi connectivity index (χ0) is 14.0. The van der Waals surface area contributed by atoms with E-state index in [2.05, 4.69) is 0 Å². The second kappa shape index (κ2) is 4.93. The maximum atomic E-state index is 11.7. The van der Waals surface area contributed by atoms with Crippen LogP contribution in [0.2, 0.25) is 0 Å². The van der Waals surface area contributed by atoms with E-state index in [1.54, 1.807) is 13.1 Å². The van der Waals surface area contributed by atoms with Crippen LogP contribution in [0.25, 0.3) is 0 Å². The van der Waals surface area contributed by atoms with E-state index in [0.717, 1.165) is 12.2 Å². The van der Waals surface area contributed by atoms with E-state index in [1.165, 1.54) is 17.0 Å². The van der Waals surface area contributed by atoms with E-state index >= 15 is 0 Å². The Bertz CT molecular complexity index is 591. The van der Waals surface area contributed by atoms with Gasteiger partial charge in [0.1, 0.15) is 5.75 Å². The van der Waals surface area contributed by atoms with Crippen LogP contribution in [-0.4, -0.2) is 36.4 Å². The van der Waals surface area contributed by atoms with Gasteiger partial charge in [0.25, 0.3) is 5.91 Å². The first-order valence-corrected chi connectivity index (χ1v) is 5.48. The molecular formula is C13H11NO5. The summed E-state index contributed by atoms with van der Waals surface area (Å²) in [6, 6.07) is 4.61. The Morgan fingerprint density at radius 3 is 2.79 bits per heavy atom. The summed E-state index contributed by atoms with van der Waals surface area (Å²) in [6.45, 7) is -0.0320. The number of benzene rings is 1. The molecule has 0 spiro atoms. The van der Waals surface area contributed by atoms with Gasteiger partial charge in [0, 0.05) is 18.7 Å². The Kier molecular flexibility index (Phi) is 3.33. The van der Waals surface area contributed by atoms with Gasteiger partial charge in [-0.25, -0.2) is 4.79 Å². The van der Waals surface area contributed by atoms with Crippen LogP contribution in [0.4, 0.5) is 5.69 Å². The topological polar surface area (TPSA) is 83.9 Å². The molecule has 1 aliphatic heterocycles. The fraction of sp³-hybridized carbons (Fsp3) is 0.154. The quantitative estimate of drug-likeness (QED) is 0.644. The predicted octanol–water partition coefficient (Wildman–Crippen LogP) is 0.865. The number of anilines is 1. The molecule has 6 heteroatoms. The SMILES string of the molecule is CN1C(=O)COc2ccc(C(=O)/C=C/C(=O)O)cc21. The molecule has 0 saturated carbocycles. The predicted molar refractivity (Wildman–Crippen MR) is 66.5 cm³/mol. The second-order valence-electron chi connectivity index (χ2n) is 3.96. The van der Waals surface area contributed by atoms with Gasteiger partial charge in [-0.05, 0) is 24.3 Å². The molecule has 1 amide bonds. The number of carboxylic acid groups (broad SMARTS) is 1. The molecule has 0 fully saturated rings. The van der Waals surface area contributed by atoms with Gasteiger partial charge in [-0.3, -0.25) is 9.59 Å². The van der Waals surface area contributed by atoms with Gasteiger partial charge in [0.2, 0.25) is 0 Å². The molecule has 0 bridgehead atoms. The highest BCUT2D eigenvalue weighted by Gasteiger charge is 2.22. The summed E-state index contributed by atoms with van der Waals surface area (Å²) in [5.41, 5.74) is 0.784. The summed E-state index contributed by atoms with van der Waals surface area (Å²) in [5, 5.41) is 8.47. The fourth-order valence-corrected chi connectivity index (χ4v) is 1.67. The van der Waals surface area contributed by atoms with Gasteiger partial charge in [-0.2, -0.15) is 0 Å². The molecular weight excluding hydrogens is 250 g/mol. The summed E-state index contributed by atoms with van der Waals surface area (Å²) in [6.07, 6.45) is 1.74. The molecule has 1 aliphatic rings. The van der Waals surface area contributed by atoms with Gasteiger partial charge in [-0.15, -0.1) is 0 Å². The van der Waals surface area contributed by atoms with E-state index in [1.807, 2.05) is 0 Å². The lowest BCUT2D eigenvalue weighted by molar-refractivity contribution is -0.131. The van der Waals surface area contributed by atoms with Gasteiger partial charge >= 0.3 is 5.97 Å². The Morgan fingerprint density at radius 2 is 2.11 bits per heavy atom. The first-order chi connectivity index (χ1) is 8.99. The summed E-state index contributed by atoms with van der Waals surface area (Å²) in [5.74, 6) is -1.34. The van der Waals surface area contributed by atoms with Crippen molar-refractivity contribution in [1.82, 2.24) is 0 Å². The number of ether oxygens (including phenoxy) is 1. The number of aliphatic carboxylic acids is 1. The van der Waals surface area contributed by atoms with Crippen molar-refractivity contribution in [2.45, 2.75) is 0 Å². The third-order valence-corrected chi connectivity index (χ3v) is 2.71. The van der Waals surface area contributed by atoms with E-state index < -0.39 is 11.8 Å². The van der Waals surface area contributed by atoms with Crippen molar-refractivity contribution in [3.05, 3.63) is 35.9 Å². The maximum absolute atomic E-state index is 11.7. The van der Waals surface area contributed by atoms with E-state index in [4.69, 9.17) is 9.84 Å². The van der Waals surface area contributed by atoms with Gasteiger partial charge in [0.05, 0.1) is 5.69 Å². The van der Waals surface area contributed by atoms with Crippen LogP contribution in [0.1, 0.15) is 10.4 Å². The molecule has 1 aromatic rings. The minimum absolute atomic E-state index is 0.0320. The van der Waals surface area contributed by atoms with Crippen molar-refractivity contribution < 1.29 is 24.2 Å². The number of rotatable bonds is 3. The van der Waals surface area contributed by atoms with Crippen LogP contribution < -0.4 is 9.64 Å². The van der Waals surface area contributed by atoms with Crippen LogP contribution >= 0.6 is 0 Å². The number of carbonyl (C=O) groups excluding carboxylic acids is 2. The molecule has 0 atom stereocenters. The minimum Gasteiger partial charge on any atom is -0.482 e. The van der Waals surface area contributed by atoms with Crippen molar-refractivity contribution in [2.24, 2.45) is 0 Å². The maximum Gasteiger partial charge on any atom is 0.328 e. The van der Waals surface area contributed by atoms with Gasteiger partial charge in [-0.1, -0.05) is 0 Å². The second-order valence-corrected chi connectivity index (χ2v) is 3.96. The van der Waals surface area contributed by atoms with Gasteiger partial charge < -0.3 is 14.7 Å². The van der Waals surface area contributed by atoms with E-state index in [-0.39, 0.29) is 12.5 Å². The molecule has 0 aromatic heterocycles. The Morgan fingerprint density at radius 1 is 1.37 bits per heavy atom. The zero-order valence-corrected chi connectivity index (χ0v) is 10.1. The van der Waals surface area contributed by atoms with Crippen LogP contribution in [-0.2, 0) is 9.59 Å². The smallest absolute Gasteiger partial charge is 0.328 e. The lowest BCUT2D eigenvalue weighted by Gasteiger charge is -2.26. The van der Waals surface area contributed by atoms with Crippen molar-refractivity contribution in [1.29, 1.82) is 0 Å². The highest BCUT2D eigenvalue weighted by atomic mass is 16.5. The summed E-state index contributed by atoms with van der Waals surface area (Å²) in [7, 11) is 1.59. The average molecular weight is 261 g/mol. The number of likely N-dealkylation sites (N-methyl/N-ethyl adjacent to an activating group) is 1. The Hall–Kier alpha value is -2.63. The minimum atomic E-state index is -1.19. The van der Waals surface area contributed by atoms with E-state index in [0.29, 0.717) is 17.0 Å². The van der Waals surface area contributed by atoms with E-state index in [9.17, 15) is 14.4 Å². The number of carbonyl (C=O) groups is 3. The number of amides is 1. The molecule has 0 aliphatic carbocycles. The molecule has 19 heavy (non-hydrogen) atoms. The number of allylic oxidation sites excluding steroid dienone is 1. The Balaban J connectivity index is 2.33. The summed E-state index contributed by atoms with van der Waals surface area (Å²) in [4.78, 5) is 35.0. The monoisotopic (exact) mass is 261 g/mol. The third-order valence-electron chi connectivity index (χ3n) is 2.71. The number of ketones is 1. The molecule has 0 unspecified atom stereocenters. The molecule has 0 saturated heterocycles. The number of carboxylic acids is 1. The third kappa shape index (κ3) is 2.62. The normalized spacial score (nSPS) is 14.2. The number of nitrogens with zero attached hydrogens (tertiary/aromatic N) is 1.